The van der Waals surface area contributed by atoms with E-state index in [2.05, 4.69) is 10.6 Å². The van der Waals surface area contributed by atoms with Gasteiger partial charge >= 0.3 is 0 Å². The van der Waals surface area contributed by atoms with Crippen molar-refractivity contribution < 1.29 is 18.0 Å². The number of hydrogen-bond donors (Lipinski definition) is 2. The van der Waals surface area contributed by atoms with E-state index in [1.165, 1.54) is 20.2 Å². The summed E-state index contributed by atoms with van der Waals surface area (Å²) >= 11 is 0. The quantitative estimate of drug-likeness (QED) is 0.684. The van der Waals surface area contributed by atoms with Gasteiger partial charge in [-0.15, -0.1) is 0 Å². The Kier molecular flexibility index (Phi) is 5.85. The van der Waals surface area contributed by atoms with Gasteiger partial charge in [0.1, 0.15) is 6.54 Å². The third kappa shape index (κ3) is 5.09. The van der Waals surface area contributed by atoms with Crippen molar-refractivity contribution in [2.24, 2.45) is 0 Å². The van der Waals surface area contributed by atoms with E-state index in [0.717, 1.165) is 34.0 Å². The van der Waals surface area contributed by atoms with E-state index < -0.39 is 21.5 Å². The zero-order valence-corrected chi connectivity index (χ0v) is 16.9. The van der Waals surface area contributed by atoms with E-state index in [0.29, 0.717) is 11.3 Å². The van der Waals surface area contributed by atoms with Gasteiger partial charge in [-0.3, -0.25) is 14.4 Å². The summed E-state index contributed by atoms with van der Waals surface area (Å²) < 4.78 is 26.5. The monoisotopic (exact) mass is 418 g/mol. The summed E-state index contributed by atoms with van der Waals surface area (Å²) in [6.45, 7) is -0.367. The maximum atomic E-state index is 12.4. The van der Waals surface area contributed by atoms with Crippen LogP contribution in [0.2, 0.25) is 0 Å². The second-order valence-corrected chi connectivity index (χ2v) is 9.15. The summed E-state index contributed by atoms with van der Waals surface area (Å²) in [6, 6.07) is 8.99. The number of rotatable bonds is 7. The lowest BCUT2D eigenvalue weighted by Gasteiger charge is -2.13. The molecule has 1 aromatic carbocycles. The Balaban J connectivity index is 1.72. The van der Waals surface area contributed by atoms with Gasteiger partial charge in [0.25, 0.3) is 11.5 Å². The zero-order valence-electron chi connectivity index (χ0n) is 16.1. The van der Waals surface area contributed by atoms with Crippen LogP contribution in [0.3, 0.4) is 0 Å². The van der Waals surface area contributed by atoms with Crippen molar-refractivity contribution in [1.82, 2.24) is 14.2 Å². The van der Waals surface area contributed by atoms with Crippen molar-refractivity contribution in [2.45, 2.75) is 30.3 Å². The lowest BCUT2D eigenvalue weighted by molar-refractivity contribution is -0.116. The Morgan fingerprint density at radius 3 is 2.55 bits per heavy atom. The van der Waals surface area contributed by atoms with Crippen LogP contribution in [0.5, 0.6) is 0 Å². The molecule has 0 spiro atoms. The lowest BCUT2D eigenvalue weighted by atomic mass is 10.2. The summed E-state index contributed by atoms with van der Waals surface area (Å²) in [6.07, 6.45) is 3.08. The smallest absolute Gasteiger partial charge is 0.251 e. The normalized spacial score (nSPS) is 13.9. The predicted octanol–water partition coefficient (Wildman–Crippen LogP) is 0.630. The van der Waals surface area contributed by atoms with E-state index in [9.17, 15) is 22.8 Å². The van der Waals surface area contributed by atoms with Crippen LogP contribution in [-0.4, -0.2) is 49.2 Å². The third-order valence-electron chi connectivity index (χ3n) is 4.37. The van der Waals surface area contributed by atoms with Crippen LogP contribution in [0.25, 0.3) is 0 Å². The average molecular weight is 418 g/mol. The highest BCUT2D eigenvalue weighted by molar-refractivity contribution is 7.89. The molecular weight excluding hydrogens is 396 g/mol. The van der Waals surface area contributed by atoms with Crippen LogP contribution in [0.1, 0.15) is 23.2 Å². The molecule has 0 aliphatic heterocycles. The summed E-state index contributed by atoms with van der Waals surface area (Å²) in [5, 5.41) is 5.49. The van der Waals surface area contributed by atoms with Gasteiger partial charge in [-0.1, -0.05) is 6.07 Å². The molecule has 3 rings (SSSR count). The van der Waals surface area contributed by atoms with Crippen molar-refractivity contribution in [1.29, 1.82) is 0 Å². The third-order valence-corrected chi connectivity index (χ3v) is 6.17. The number of benzene rings is 1. The largest absolute Gasteiger partial charge is 0.349 e. The van der Waals surface area contributed by atoms with E-state index in [4.69, 9.17) is 0 Å². The number of anilines is 1. The van der Waals surface area contributed by atoms with E-state index in [1.54, 1.807) is 24.3 Å². The fourth-order valence-electron chi connectivity index (χ4n) is 2.59. The molecule has 1 aliphatic carbocycles. The highest BCUT2D eigenvalue weighted by Gasteiger charge is 2.24. The first-order valence-electron chi connectivity index (χ1n) is 9.00. The maximum absolute atomic E-state index is 12.4. The SMILES string of the molecule is CN(C)S(=O)(=O)c1ccc(=O)n(CC(=O)Nc2cccc(C(=O)NC3CC3)c2)c1. The number of carbonyl (C=O) groups excluding carboxylic acids is 2. The zero-order chi connectivity index (χ0) is 21.2. The van der Waals surface area contributed by atoms with Crippen molar-refractivity contribution >= 4 is 27.5 Å². The number of carbonyl (C=O) groups is 2. The van der Waals surface area contributed by atoms with Gasteiger partial charge < -0.3 is 15.2 Å². The summed E-state index contributed by atoms with van der Waals surface area (Å²) in [7, 11) is -0.976. The Labute approximate surface area is 168 Å². The number of sulfonamides is 1. The Morgan fingerprint density at radius 1 is 1.17 bits per heavy atom. The molecule has 1 heterocycles. The molecule has 1 fully saturated rings. The highest BCUT2D eigenvalue weighted by Crippen LogP contribution is 2.20. The summed E-state index contributed by atoms with van der Waals surface area (Å²) in [4.78, 5) is 36.4. The lowest BCUT2D eigenvalue weighted by Crippen LogP contribution is -2.29. The molecule has 0 radical (unpaired) electrons. The first kappa shape index (κ1) is 20.7. The number of nitrogens with one attached hydrogen (secondary N) is 2. The molecule has 9 nitrogen and oxygen atoms in total. The van der Waals surface area contributed by atoms with Crippen molar-refractivity contribution in [3.8, 4) is 0 Å². The fraction of sp³-hybridized carbons (Fsp3) is 0.316. The molecule has 1 aliphatic rings. The van der Waals surface area contributed by atoms with Crippen LogP contribution in [0.15, 0.2) is 52.3 Å². The van der Waals surface area contributed by atoms with E-state index in [1.807, 2.05) is 0 Å². The van der Waals surface area contributed by atoms with Crippen molar-refractivity contribution in [2.75, 3.05) is 19.4 Å². The second kappa shape index (κ2) is 8.18. The molecule has 10 heteroatoms. The molecule has 0 bridgehead atoms. The van der Waals surface area contributed by atoms with E-state index >= 15 is 0 Å². The molecule has 2 N–H and O–H groups in total. The molecule has 0 unspecified atom stereocenters. The van der Waals surface area contributed by atoms with Gasteiger partial charge in [0.15, 0.2) is 0 Å². The number of amides is 2. The highest BCUT2D eigenvalue weighted by atomic mass is 32.2. The molecular formula is C19H22N4O5S. The number of hydrogen-bond acceptors (Lipinski definition) is 5. The van der Waals surface area contributed by atoms with Gasteiger partial charge in [-0.05, 0) is 37.1 Å². The molecule has 2 amide bonds. The second-order valence-electron chi connectivity index (χ2n) is 7.00. The minimum absolute atomic E-state index is 0.0892. The summed E-state index contributed by atoms with van der Waals surface area (Å²) in [5.74, 6) is -0.729. The Bertz CT molecular complexity index is 1100. The fourth-order valence-corrected chi connectivity index (χ4v) is 3.51. The molecule has 29 heavy (non-hydrogen) atoms. The molecule has 0 saturated heterocycles. The first-order valence-corrected chi connectivity index (χ1v) is 10.4. The minimum Gasteiger partial charge on any atom is -0.349 e. The van der Waals surface area contributed by atoms with Gasteiger partial charge in [0.05, 0.1) is 4.90 Å². The van der Waals surface area contributed by atoms with Gasteiger partial charge in [-0.25, -0.2) is 12.7 Å². The van der Waals surface area contributed by atoms with Crippen LogP contribution < -0.4 is 16.2 Å². The number of nitrogens with zero attached hydrogens (tertiary/aromatic N) is 2. The van der Waals surface area contributed by atoms with Gasteiger partial charge in [0.2, 0.25) is 15.9 Å². The van der Waals surface area contributed by atoms with Crippen LogP contribution in [0, 0.1) is 0 Å². The van der Waals surface area contributed by atoms with Gasteiger partial charge in [-0.2, -0.15) is 0 Å². The summed E-state index contributed by atoms with van der Waals surface area (Å²) in [5.41, 5.74) is 0.324. The number of pyridine rings is 1. The maximum Gasteiger partial charge on any atom is 0.251 e. The van der Waals surface area contributed by atoms with Crippen molar-refractivity contribution in [3.63, 3.8) is 0 Å². The minimum atomic E-state index is -3.73. The first-order chi connectivity index (χ1) is 13.7. The standard InChI is InChI=1S/C19H22N4O5S/c1-22(2)29(27,28)16-8-9-18(25)23(11-16)12-17(24)20-15-5-3-4-13(10-15)19(26)21-14-6-7-14/h3-5,8-11,14H,6-7,12H2,1-2H3,(H,20,24)(H,21,26). The van der Waals surface area contributed by atoms with Crippen LogP contribution in [-0.2, 0) is 21.4 Å². The topological polar surface area (TPSA) is 118 Å². The number of aromatic nitrogens is 1. The molecule has 0 atom stereocenters. The molecule has 2 aromatic rings. The van der Waals surface area contributed by atoms with Crippen LogP contribution >= 0.6 is 0 Å². The predicted molar refractivity (Wildman–Crippen MR) is 107 cm³/mol. The van der Waals surface area contributed by atoms with Crippen molar-refractivity contribution in [3.05, 3.63) is 58.5 Å². The molecule has 1 saturated carbocycles. The Morgan fingerprint density at radius 2 is 1.90 bits per heavy atom. The van der Waals surface area contributed by atoms with Crippen LogP contribution in [0.4, 0.5) is 5.69 Å². The van der Waals surface area contributed by atoms with E-state index in [-0.39, 0.29) is 23.4 Å². The molecule has 1 aromatic heterocycles. The Hall–Kier alpha value is -2.98. The van der Waals surface area contributed by atoms with Gasteiger partial charge in [0, 0.05) is 43.7 Å². The average Bonchev–Trinajstić information content (AvgIpc) is 3.47. The molecule has 154 valence electrons.